The number of carbonyl (C=O) groups is 2. The van der Waals surface area contributed by atoms with E-state index in [1.165, 1.54) is 12.1 Å². The molecular formula is C17H22F3N3O3. The molecule has 9 heteroatoms. The van der Waals surface area contributed by atoms with E-state index < -0.39 is 17.8 Å². The van der Waals surface area contributed by atoms with Crippen molar-refractivity contribution in [2.45, 2.75) is 26.1 Å². The topological polar surface area (TPSA) is 61.9 Å². The van der Waals surface area contributed by atoms with Crippen LogP contribution < -0.4 is 5.32 Å². The Bertz CT molecular complexity index is 626. The lowest BCUT2D eigenvalue weighted by Crippen LogP contribution is -2.54. The lowest BCUT2D eigenvalue weighted by Gasteiger charge is -2.36. The van der Waals surface area contributed by atoms with E-state index in [1.807, 2.05) is 4.90 Å². The SMILES string of the molecule is CCOC(=O)N1CCN([C@H](C)C(=O)Nc2ccc(C(F)(F)F)cc2)CC1. The van der Waals surface area contributed by atoms with E-state index in [9.17, 15) is 22.8 Å². The number of nitrogens with one attached hydrogen (secondary N) is 1. The number of ether oxygens (including phenoxy) is 1. The average molecular weight is 373 g/mol. The smallest absolute Gasteiger partial charge is 0.416 e. The normalized spacial score (nSPS) is 16.9. The Morgan fingerprint density at radius 1 is 1.15 bits per heavy atom. The summed E-state index contributed by atoms with van der Waals surface area (Å²) in [6.45, 7) is 5.71. The van der Waals surface area contributed by atoms with Crippen LogP contribution in [0.5, 0.6) is 0 Å². The van der Waals surface area contributed by atoms with Crippen LogP contribution in [0, 0.1) is 0 Å². The van der Waals surface area contributed by atoms with Crippen molar-refractivity contribution in [1.29, 1.82) is 0 Å². The molecule has 0 spiro atoms. The Kier molecular flexibility index (Phi) is 6.47. The van der Waals surface area contributed by atoms with Crippen LogP contribution in [0.15, 0.2) is 24.3 Å². The molecule has 1 saturated heterocycles. The van der Waals surface area contributed by atoms with Crippen LogP contribution in [0.4, 0.5) is 23.7 Å². The fourth-order valence-corrected chi connectivity index (χ4v) is 2.66. The summed E-state index contributed by atoms with van der Waals surface area (Å²) in [6.07, 6.45) is -4.77. The molecule has 1 aliphatic heterocycles. The number of alkyl halides is 3. The molecule has 2 amide bonds. The highest BCUT2D eigenvalue weighted by atomic mass is 19.4. The number of hydrogen-bond donors (Lipinski definition) is 1. The lowest BCUT2D eigenvalue weighted by atomic mass is 10.2. The van der Waals surface area contributed by atoms with Crippen molar-refractivity contribution in [2.24, 2.45) is 0 Å². The molecule has 0 bridgehead atoms. The molecule has 1 N–H and O–H groups in total. The summed E-state index contributed by atoms with van der Waals surface area (Å²) < 4.78 is 42.6. The first-order valence-electron chi connectivity index (χ1n) is 8.36. The van der Waals surface area contributed by atoms with Crippen LogP contribution in [0.1, 0.15) is 19.4 Å². The number of rotatable bonds is 4. The number of nitrogens with zero attached hydrogens (tertiary/aromatic N) is 2. The van der Waals surface area contributed by atoms with E-state index in [0.717, 1.165) is 12.1 Å². The number of amides is 2. The Hall–Kier alpha value is -2.29. The lowest BCUT2D eigenvalue weighted by molar-refractivity contribution is -0.137. The van der Waals surface area contributed by atoms with E-state index in [1.54, 1.807) is 18.7 Å². The Morgan fingerprint density at radius 3 is 2.23 bits per heavy atom. The second-order valence-corrected chi connectivity index (χ2v) is 5.96. The first kappa shape index (κ1) is 20.0. The fourth-order valence-electron chi connectivity index (χ4n) is 2.66. The van der Waals surface area contributed by atoms with Gasteiger partial charge in [0.2, 0.25) is 5.91 Å². The highest BCUT2D eigenvalue weighted by Crippen LogP contribution is 2.29. The third-order valence-electron chi connectivity index (χ3n) is 4.25. The standard InChI is InChI=1S/C17H22F3N3O3/c1-3-26-16(25)23-10-8-22(9-11-23)12(2)15(24)21-14-6-4-13(5-7-14)17(18,19)20/h4-7,12H,3,8-11H2,1-2H3,(H,21,24)/t12-/m1/s1. The van der Waals surface area contributed by atoms with Crippen molar-refractivity contribution >= 4 is 17.7 Å². The number of halogens is 3. The van der Waals surface area contributed by atoms with Gasteiger partial charge in [-0.3, -0.25) is 9.69 Å². The van der Waals surface area contributed by atoms with Crippen molar-refractivity contribution in [3.8, 4) is 0 Å². The number of hydrogen-bond acceptors (Lipinski definition) is 4. The molecule has 6 nitrogen and oxygen atoms in total. The Balaban J connectivity index is 1.87. The highest BCUT2D eigenvalue weighted by molar-refractivity contribution is 5.94. The molecule has 1 aliphatic rings. The van der Waals surface area contributed by atoms with Crippen LogP contribution >= 0.6 is 0 Å². The minimum atomic E-state index is -4.41. The summed E-state index contributed by atoms with van der Waals surface area (Å²) in [6, 6.07) is 3.84. The number of benzene rings is 1. The van der Waals surface area contributed by atoms with Gasteiger partial charge in [-0.2, -0.15) is 13.2 Å². The van der Waals surface area contributed by atoms with Crippen LogP contribution in [0.2, 0.25) is 0 Å². The van der Waals surface area contributed by atoms with Gasteiger partial charge in [0.25, 0.3) is 0 Å². The zero-order valence-electron chi connectivity index (χ0n) is 14.7. The van der Waals surface area contributed by atoms with Crippen LogP contribution in [0.25, 0.3) is 0 Å². The molecule has 0 aromatic heterocycles. The highest BCUT2D eigenvalue weighted by Gasteiger charge is 2.30. The van der Waals surface area contributed by atoms with Gasteiger partial charge in [-0.25, -0.2) is 4.79 Å². The maximum absolute atomic E-state index is 12.6. The van der Waals surface area contributed by atoms with Gasteiger partial charge in [-0.05, 0) is 38.1 Å². The molecule has 144 valence electrons. The number of piperazine rings is 1. The third-order valence-corrected chi connectivity index (χ3v) is 4.25. The molecule has 26 heavy (non-hydrogen) atoms. The first-order chi connectivity index (χ1) is 12.2. The summed E-state index contributed by atoms with van der Waals surface area (Å²) in [5.41, 5.74) is -0.460. The van der Waals surface area contributed by atoms with E-state index in [-0.39, 0.29) is 12.0 Å². The molecule has 2 rings (SSSR count). The summed E-state index contributed by atoms with van der Waals surface area (Å²) in [7, 11) is 0. The quantitative estimate of drug-likeness (QED) is 0.882. The van der Waals surface area contributed by atoms with Gasteiger partial charge in [0, 0.05) is 31.9 Å². The number of anilines is 1. The first-order valence-corrected chi connectivity index (χ1v) is 8.36. The van der Waals surface area contributed by atoms with Crippen molar-refractivity contribution in [3.05, 3.63) is 29.8 Å². The van der Waals surface area contributed by atoms with Crippen molar-refractivity contribution in [3.63, 3.8) is 0 Å². The third kappa shape index (κ3) is 5.10. The predicted molar refractivity (Wildman–Crippen MR) is 89.7 cm³/mol. The maximum atomic E-state index is 12.6. The fraction of sp³-hybridized carbons (Fsp3) is 0.529. The maximum Gasteiger partial charge on any atom is 0.416 e. The summed E-state index contributed by atoms with van der Waals surface area (Å²) in [5.74, 6) is -0.311. The van der Waals surface area contributed by atoms with Crippen molar-refractivity contribution in [1.82, 2.24) is 9.80 Å². The zero-order chi connectivity index (χ0) is 19.3. The average Bonchev–Trinajstić information content (AvgIpc) is 2.61. The van der Waals surface area contributed by atoms with Gasteiger partial charge in [0.05, 0.1) is 18.2 Å². The second kappa shape index (κ2) is 8.39. The van der Waals surface area contributed by atoms with Gasteiger partial charge in [0.15, 0.2) is 0 Å². The van der Waals surface area contributed by atoms with Crippen molar-refractivity contribution < 1.29 is 27.5 Å². The van der Waals surface area contributed by atoms with Crippen LogP contribution in [-0.2, 0) is 15.7 Å². The molecule has 0 saturated carbocycles. The molecule has 0 radical (unpaired) electrons. The van der Waals surface area contributed by atoms with E-state index in [0.29, 0.717) is 38.5 Å². The van der Waals surface area contributed by atoms with Crippen molar-refractivity contribution in [2.75, 3.05) is 38.1 Å². The number of carbonyl (C=O) groups excluding carboxylic acids is 2. The van der Waals surface area contributed by atoms with Crippen LogP contribution in [0.3, 0.4) is 0 Å². The van der Waals surface area contributed by atoms with E-state index in [2.05, 4.69) is 5.32 Å². The molecule has 0 aliphatic carbocycles. The Morgan fingerprint density at radius 2 is 1.73 bits per heavy atom. The molecular weight excluding hydrogens is 351 g/mol. The second-order valence-electron chi connectivity index (χ2n) is 5.96. The van der Waals surface area contributed by atoms with Gasteiger partial charge in [0.1, 0.15) is 0 Å². The summed E-state index contributed by atoms with van der Waals surface area (Å²) in [4.78, 5) is 27.5. The summed E-state index contributed by atoms with van der Waals surface area (Å²) >= 11 is 0. The summed E-state index contributed by atoms with van der Waals surface area (Å²) in [5, 5.41) is 2.62. The van der Waals surface area contributed by atoms with Crippen LogP contribution in [-0.4, -0.2) is 60.6 Å². The van der Waals surface area contributed by atoms with Gasteiger partial charge in [-0.15, -0.1) is 0 Å². The van der Waals surface area contributed by atoms with E-state index >= 15 is 0 Å². The van der Waals surface area contributed by atoms with Gasteiger partial charge >= 0.3 is 12.3 Å². The predicted octanol–water partition coefficient (Wildman–Crippen LogP) is 2.81. The molecule has 1 aromatic rings. The minimum absolute atomic E-state index is 0.306. The molecule has 0 unspecified atom stereocenters. The largest absolute Gasteiger partial charge is 0.450 e. The monoisotopic (exact) mass is 373 g/mol. The molecule has 1 aromatic carbocycles. The Labute approximate surface area is 149 Å². The van der Waals surface area contributed by atoms with Gasteiger partial charge in [-0.1, -0.05) is 0 Å². The van der Waals surface area contributed by atoms with E-state index in [4.69, 9.17) is 4.74 Å². The zero-order valence-corrected chi connectivity index (χ0v) is 14.7. The molecule has 1 atom stereocenters. The molecule has 1 fully saturated rings. The minimum Gasteiger partial charge on any atom is -0.450 e. The van der Waals surface area contributed by atoms with Gasteiger partial charge < -0.3 is 15.0 Å². The molecule has 1 heterocycles.